The molecule has 216 valence electrons. The van der Waals surface area contributed by atoms with Gasteiger partial charge in [-0.15, -0.1) is 0 Å². The molecule has 0 saturated heterocycles. The van der Waals surface area contributed by atoms with Crippen LogP contribution in [0.15, 0.2) is 71.4 Å². The van der Waals surface area contributed by atoms with Crippen LogP contribution in [0.25, 0.3) is 0 Å². The molecule has 1 heterocycles. The van der Waals surface area contributed by atoms with Crippen molar-refractivity contribution in [2.75, 3.05) is 6.61 Å². The minimum atomic E-state index is -1.04. The summed E-state index contributed by atoms with van der Waals surface area (Å²) in [6.07, 6.45) is 16.0. The molecule has 0 fully saturated rings. The molecule has 0 aromatic rings. The fourth-order valence-corrected chi connectivity index (χ4v) is 4.62. The van der Waals surface area contributed by atoms with Gasteiger partial charge < -0.3 is 20.1 Å². The van der Waals surface area contributed by atoms with Crippen molar-refractivity contribution in [3.8, 4) is 0 Å². The van der Waals surface area contributed by atoms with Gasteiger partial charge in [-0.25, -0.2) is 9.59 Å². The molecule has 0 radical (unpaired) electrons. The summed E-state index contributed by atoms with van der Waals surface area (Å²) in [5, 5.41) is 29.4. The Morgan fingerprint density at radius 2 is 1.72 bits per heavy atom. The van der Waals surface area contributed by atoms with Gasteiger partial charge in [-0.3, -0.25) is 4.79 Å². The second-order valence-corrected chi connectivity index (χ2v) is 10.9. The number of aliphatic hydroxyl groups excluding tert-OH is 2. The highest BCUT2D eigenvalue weighted by Crippen LogP contribution is 2.24. The van der Waals surface area contributed by atoms with Gasteiger partial charge in [-0.05, 0) is 51.5 Å². The molecule has 0 unspecified atom stereocenters. The quantitative estimate of drug-likeness (QED) is 0.145. The monoisotopic (exact) mass is 542 g/mol. The number of aliphatic hydroxyl groups is 2. The molecule has 0 aromatic carbocycles. The predicted octanol–water partition coefficient (Wildman–Crippen LogP) is 5.37. The smallest absolute Gasteiger partial charge is 0.331 e. The molecule has 0 aliphatic carbocycles. The topological polar surface area (TPSA) is 121 Å². The number of carboxylic acid groups (broad SMARTS) is 1. The molecule has 7 heteroatoms. The predicted molar refractivity (Wildman–Crippen MR) is 154 cm³/mol. The van der Waals surface area contributed by atoms with Crippen LogP contribution in [0.2, 0.25) is 0 Å². The number of rotatable bonds is 15. The Morgan fingerprint density at radius 1 is 1.08 bits per heavy atom. The first-order valence-electron chi connectivity index (χ1n) is 13.6. The maximum atomic E-state index is 13.0. The molecule has 3 N–H and O–H groups in total. The Balaban J connectivity index is 2.71. The van der Waals surface area contributed by atoms with Gasteiger partial charge in [0.25, 0.3) is 0 Å². The van der Waals surface area contributed by atoms with E-state index in [9.17, 15) is 24.6 Å². The molecule has 1 aliphatic rings. The first-order chi connectivity index (χ1) is 18.2. The highest BCUT2D eigenvalue weighted by molar-refractivity contribution is 5.85. The van der Waals surface area contributed by atoms with E-state index in [0.29, 0.717) is 12.0 Å². The summed E-state index contributed by atoms with van der Waals surface area (Å²) in [6, 6.07) is 0. The molecule has 0 spiro atoms. The number of carbonyl (C=O) groups excluding carboxylic acids is 2. The van der Waals surface area contributed by atoms with Crippen molar-refractivity contribution in [3.63, 3.8) is 0 Å². The molecule has 1 aliphatic heterocycles. The SMILES string of the molecule is CC(/C=C/C[C@@H](C)/C=C(C)/C=C/[C@@H]1OC(=O)C=C[C@@H]1C)=C\[C@H](CO)C(=O)[C@H](C)[C@@H](O)[C@H](C)C/C(C)=C/C(=O)O. The Labute approximate surface area is 233 Å². The molecule has 0 amide bonds. The van der Waals surface area contributed by atoms with E-state index < -0.39 is 23.9 Å². The van der Waals surface area contributed by atoms with Crippen LogP contribution >= 0.6 is 0 Å². The number of Topliss-reactive ketones (excluding diaryl/α,β-unsaturated/α-hetero) is 1. The normalized spacial score (nSPS) is 23.0. The summed E-state index contributed by atoms with van der Waals surface area (Å²) >= 11 is 0. The standard InChI is InChI=1S/C32H46O7/c1-20(15-22(3)11-13-28-24(5)12-14-30(36)39-28)9-8-10-21(2)17-27(19-33)32(38)26(7)31(37)25(6)16-23(4)18-29(34)35/h8,10-15,17-18,20,24-28,31,33,37H,9,16,19H2,1-7H3,(H,34,35)/b10-8+,13-11+,21-17+,22-15+,23-18+/t20-,24+,25-,26-,27-,28+,31+/m1/s1. The number of cyclic esters (lactones) is 1. The van der Waals surface area contributed by atoms with E-state index in [1.807, 2.05) is 51.2 Å². The van der Waals surface area contributed by atoms with E-state index in [-0.39, 0.29) is 42.2 Å². The number of aliphatic carboxylic acids is 1. The molecule has 0 saturated carbocycles. The van der Waals surface area contributed by atoms with E-state index >= 15 is 0 Å². The van der Waals surface area contributed by atoms with Crippen LogP contribution in [-0.2, 0) is 19.1 Å². The maximum absolute atomic E-state index is 13.0. The van der Waals surface area contributed by atoms with Gasteiger partial charge in [0, 0.05) is 24.0 Å². The zero-order chi connectivity index (χ0) is 29.7. The second kappa shape index (κ2) is 16.8. The summed E-state index contributed by atoms with van der Waals surface area (Å²) < 4.78 is 5.34. The highest BCUT2D eigenvalue weighted by Gasteiger charge is 2.30. The van der Waals surface area contributed by atoms with E-state index in [4.69, 9.17) is 9.84 Å². The van der Waals surface area contributed by atoms with Crippen molar-refractivity contribution in [2.24, 2.45) is 29.6 Å². The summed E-state index contributed by atoms with van der Waals surface area (Å²) in [4.78, 5) is 35.3. The number of esters is 1. The Bertz CT molecular complexity index is 1030. The van der Waals surface area contributed by atoms with E-state index in [1.165, 1.54) is 6.08 Å². The fraction of sp³-hybridized carbons (Fsp3) is 0.531. The molecule has 39 heavy (non-hydrogen) atoms. The second-order valence-electron chi connectivity index (χ2n) is 10.9. The molecular weight excluding hydrogens is 496 g/mol. The van der Waals surface area contributed by atoms with Crippen LogP contribution in [0.1, 0.15) is 61.3 Å². The van der Waals surface area contributed by atoms with Gasteiger partial charge in [-0.1, -0.05) is 80.9 Å². The van der Waals surface area contributed by atoms with Gasteiger partial charge in [0.2, 0.25) is 0 Å². The van der Waals surface area contributed by atoms with E-state index in [0.717, 1.165) is 23.6 Å². The van der Waals surface area contributed by atoms with Crippen molar-refractivity contribution < 1.29 is 34.4 Å². The van der Waals surface area contributed by atoms with Crippen LogP contribution in [0.5, 0.6) is 0 Å². The zero-order valence-electron chi connectivity index (χ0n) is 24.3. The Morgan fingerprint density at radius 3 is 2.33 bits per heavy atom. The number of carbonyl (C=O) groups is 3. The summed E-state index contributed by atoms with van der Waals surface area (Å²) in [5.41, 5.74) is 2.53. The van der Waals surface area contributed by atoms with Gasteiger partial charge in [-0.2, -0.15) is 0 Å². The number of hydrogen-bond acceptors (Lipinski definition) is 6. The molecular formula is C32H46O7. The Hall–Kier alpha value is -3.03. The number of ketones is 1. The zero-order valence-corrected chi connectivity index (χ0v) is 24.3. The first-order valence-corrected chi connectivity index (χ1v) is 13.6. The highest BCUT2D eigenvalue weighted by atomic mass is 16.5. The molecule has 7 atom stereocenters. The lowest BCUT2D eigenvalue weighted by Crippen LogP contribution is -2.35. The van der Waals surface area contributed by atoms with Crippen LogP contribution in [0.3, 0.4) is 0 Å². The van der Waals surface area contributed by atoms with Crippen LogP contribution in [0.4, 0.5) is 0 Å². The minimum Gasteiger partial charge on any atom is -0.478 e. The van der Waals surface area contributed by atoms with Crippen molar-refractivity contribution in [2.45, 2.75) is 73.5 Å². The number of allylic oxidation sites excluding steroid dienone is 7. The average molecular weight is 543 g/mol. The fourth-order valence-electron chi connectivity index (χ4n) is 4.62. The molecule has 0 bridgehead atoms. The number of ether oxygens (including phenoxy) is 1. The lowest BCUT2D eigenvalue weighted by Gasteiger charge is -2.26. The first kappa shape index (κ1) is 34.0. The maximum Gasteiger partial charge on any atom is 0.331 e. The summed E-state index contributed by atoms with van der Waals surface area (Å²) in [5.74, 6) is -2.98. The lowest BCUT2D eigenvalue weighted by molar-refractivity contribution is -0.143. The van der Waals surface area contributed by atoms with E-state index in [1.54, 1.807) is 26.8 Å². The lowest BCUT2D eigenvalue weighted by atomic mass is 9.82. The van der Waals surface area contributed by atoms with Crippen molar-refractivity contribution in [3.05, 3.63) is 71.4 Å². The summed E-state index contributed by atoms with van der Waals surface area (Å²) in [7, 11) is 0. The third-order valence-corrected chi connectivity index (χ3v) is 6.88. The third-order valence-electron chi connectivity index (χ3n) is 6.88. The molecule has 7 nitrogen and oxygen atoms in total. The minimum absolute atomic E-state index is 0.135. The van der Waals surface area contributed by atoms with Gasteiger partial charge >= 0.3 is 11.9 Å². The van der Waals surface area contributed by atoms with Gasteiger partial charge in [0.15, 0.2) is 0 Å². The summed E-state index contributed by atoms with van der Waals surface area (Å²) in [6.45, 7) is 12.7. The van der Waals surface area contributed by atoms with Crippen LogP contribution in [0, 0.1) is 29.6 Å². The van der Waals surface area contributed by atoms with Crippen LogP contribution in [-0.4, -0.2) is 51.9 Å². The number of hydrogen-bond donors (Lipinski definition) is 3. The largest absolute Gasteiger partial charge is 0.478 e. The van der Waals surface area contributed by atoms with Crippen LogP contribution < -0.4 is 0 Å². The van der Waals surface area contributed by atoms with Crippen molar-refractivity contribution in [1.29, 1.82) is 0 Å². The van der Waals surface area contributed by atoms with E-state index in [2.05, 4.69) is 13.0 Å². The number of carboxylic acids is 1. The van der Waals surface area contributed by atoms with Crippen molar-refractivity contribution >= 4 is 17.7 Å². The van der Waals surface area contributed by atoms with Crippen molar-refractivity contribution in [1.82, 2.24) is 0 Å². The van der Waals surface area contributed by atoms with Gasteiger partial charge in [0.1, 0.15) is 11.9 Å². The molecule has 0 aromatic heterocycles. The molecule has 1 rings (SSSR count). The average Bonchev–Trinajstić information content (AvgIpc) is 2.85. The third kappa shape index (κ3) is 12.6. The Kier molecular flexibility index (Phi) is 14.7. The van der Waals surface area contributed by atoms with Gasteiger partial charge in [0.05, 0.1) is 18.6 Å².